The lowest BCUT2D eigenvalue weighted by Crippen LogP contribution is -2.33. The highest BCUT2D eigenvalue weighted by Gasteiger charge is 2.09. The van der Waals surface area contributed by atoms with Crippen molar-refractivity contribution in [3.05, 3.63) is 24.3 Å². The lowest BCUT2D eigenvalue weighted by molar-refractivity contribution is 0.183. The molecule has 0 spiro atoms. The predicted octanol–water partition coefficient (Wildman–Crippen LogP) is 4.93. The van der Waals surface area contributed by atoms with Crippen molar-refractivity contribution >= 4 is 12.4 Å². The van der Waals surface area contributed by atoms with E-state index in [1.165, 1.54) is 51.6 Å². The first-order valence-electron chi connectivity index (χ1n) is 8.96. The molecule has 0 aromatic heterocycles. The maximum absolute atomic E-state index is 5.82. The molecule has 0 aliphatic carbocycles. The summed E-state index contributed by atoms with van der Waals surface area (Å²) in [6, 6.07) is 8.04. The van der Waals surface area contributed by atoms with Gasteiger partial charge in [-0.25, -0.2) is 0 Å². The van der Waals surface area contributed by atoms with Crippen LogP contribution < -0.4 is 9.47 Å². The van der Waals surface area contributed by atoms with Gasteiger partial charge in [0, 0.05) is 6.54 Å². The third-order valence-corrected chi connectivity index (χ3v) is 4.22. The quantitative estimate of drug-likeness (QED) is 0.563. The molecule has 1 fully saturated rings. The molecule has 1 aliphatic heterocycles. The number of rotatable bonds is 10. The van der Waals surface area contributed by atoms with E-state index >= 15 is 0 Å². The Bertz CT molecular complexity index is 391. The second kappa shape index (κ2) is 12.5. The molecular formula is C19H32ClNO2. The Morgan fingerprint density at radius 3 is 2.04 bits per heavy atom. The van der Waals surface area contributed by atoms with Crippen LogP contribution in [0.15, 0.2) is 24.3 Å². The highest BCUT2D eigenvalue weighted by atomic mass is 35.5. The number of likely N-dealkylation sites (tertiary alicyclic amines) is 1. The van der Waals surface area contributed by atoms with Gasteiger partial charge >= 0.3 is 0 Å². The highest BCUT2D eigenvalue weighted by Crippen LogP contribution is 2.18. The van der Waals surface area contributed by atoms with Crippen LogP contribution in [0.25, 0.3) is 0 Å². The second-order valence-electron chi connectivity index (χ2n) is 6.13. The van der Waals surface area contributed by atoms with E-state index in [1.807, 2.05) is 24.3 Å². The van der Waals surface area contributed by atoms with Crippen molar-refractivity contribution in [1.29, 1.82) is 0 Å². The number of ether oxygens (including phenoxy) is 2. The number of unbranched alkanes of at least 4 members (excludes halogenated alkanes) is 3. The van der Waals surface area contributed by atoms with Gasteiger partial charge in [-0.3, -0.25) is 4.90 Å². The normalized spacial score (nSPS) is 15.0. The summed E-state index contributed by atoms with van der Waals surface area (Å²) < 4.78 is 11.6. The Labute approximate surface area is 147 Å². The van der Waals surface area contributed by atoms with Crippen molar-refractivity contribution in [1.82, 2.24) is 4.90 Å². The van der Waals surface area contributed by atoms with Crippen LogP contribution >= 0.6 is 12.4 Å². The first-order valence-corrected chi connectivity index (χ1v) is 8.96. The molecular weight excluding hydrogens is 310 g/mol. The van der Waals surface area contributed by atoms with Gasteiger partial charge in [-0.15, -0.1) is 12.4 Å². The molecule has 1 heterocycles. The van der Waals surface area contributed by atoms with Crippen LogP contribution in [0.3, 0.4) is 0 Å². The largest absolute Gasteiger partial charge is 0.494 e. The molecule has 1 saturated heterocycles. The Morgan fingerprint density at radius 2 is 1.43 bits per heavy atom. The van der Waals surface area contributed by atoms with E-state index in [9.17, 15) is 0 Å². The van der Waals surface area contributed by atoms with E-state index in [4.69, 9.17) is 9.47 Å². The van der Waals surface area contributed by atoms with Gasteiger partial charge < -0.3 is 9.47 Å². The Kier molecular flexibility index (Phi) is 10.9. The minimum absolute atomic E-state index is 0. The minimum atomic E-state index is 0. The van der Waals surface area contributed by atoms with Gasteiger partial charge in [0.1, 0.15) is 18.1 Å². The molecule has 0 saturated carbocycles. The van der Waals surface area contributed by atoms with E-state index in [-0.39, 0.29) is 12.4 Å². The van der Waals surface area contributed by atoms with Gasteiger partial charge in [-0.2, -0.15) is 0 Å². The van der Waals surface area contributed by atoms with Crippen LogP contribution in [0.5, 0.6) is 11.5 Å². The van der Waals surface area contributed by atoms with Crippen LogP contribution in [0.2, 0.25) is 0 Å². The third-order valence-electron chi connectivity index (χ3n) is 4.22. The fraction of sp³-hybridized carbons (Fsp3) is 0.684. The molecule has 1 aromatic rings. The fourth-order valence-corrected chi connectivity index (χ4v) is 2.83. The maximum Gasteiger partial charge on any atom is 0.119 e. The van der Waals surface area contributed by atoms with Crippen molar-refractivity contribution in [2.45, 2.75) is 51.9 Å². The zero-order valence-corrected chi connectivity index (χ0v) is 15.3. The summed E-state index contributed by atoms with van der Waals surface area (Å²) in [4.78, 5) is 2.50. The van der Waals surface area contributed by atoms with Crippen molar-refractivity contribution in [2.75, 3.05) is 32.8 Å². The summed E-state index contributed by atoms with van der Waals surface area (Å²) in [7, 11) is 0. The van der Waals surface area contributed by atoms with Crippen molar-refractivity contribution in [2.24, 2.45) is 0 Å². The van der Waals surface area contributed by atoms with E-state index < -0.39 is 0 Å². The number of nitrogens with zero attached hydrogens (tertiary/aromatic N) is 1. The number of hydrogen-bond acceptors (Lipinski definition) is 3. The minimum Gasteiger partial charge on any atom is -0.494 e. The van der Waals surface area contributed by atoms with E-state index in [0.717, 1.165) is 37.7 Å². The highest BCUT2D eigenvalue weighted by molar-refractivity contribution is 5.85. The summed E-state index contributed by atoms with van der Waals surface area (Å²) in [5.41, 5.74) is 0. The summed E-state index contributed by atoms with van der Waals surface area (Å²) in [5.74, 6) is 1.88. The standard InChI is InChI=1S/C19H31NO2.ClH/c1-2-3-4-8-16-21-18-9-11-19(12-10-18)22-17-15-20-13-6-5-7-14-20;/h9-12H,2-8,13-17H2,1H3;1H. The summed E-state index contributed by atoms with van der Waals surface area (Å²) >= 11 is 0. The average molecular weight is 342 g/mol. The Balaban J connectivity index is 0.00000264. The van der Waals surface area contributed by atoms with Gasteiger partial charge in [0.15, 0.2) is 0 Å². The lowest BCUT2D eigenvalue weighted by Gasteiger charge is -2.26. The molecule has 0 radical (unpaired) electrons. The number of benzene rings is 1. The van der Waals surface area contributed by atoms with E-state index in [0.29, 0.717) is 0 Å². The van der Waals surface area contributed by atoms with Crippen LogP contribution in [-0.4, -0.2) is 37.7 Å². The van der Waals surface area contributed by atoms with E-state index in [1.54, 1.807) is 0 Å². The van der Waals surface area contributed by atoms with Crippen molar-refractivity contribution in [3.63, 3.8) is 0 Å². The number of hydrogen-bond donors (Lipinski definition) is 0. The molecule has 3 nitrogen and oxygen atoms in total. The maximum atomic E-state index is 5.82. The Hall–Kier alpha value is -0.930. The molecule has 0 unspecified atom stereocenters. The van der Waals surface area contributed by atoms with Gasteiger partial charge in [-0.05, 0) is 56.6 Å². The SMILES string of the molecule is CCCCCCOc1ccc(OCCN2CCCCC2)cc1.Cl. The van der Waals surface area contributed by atoms with Crippen molar-refractivity contribution in [3.8, 4) is 11.5 Å². The monoisotopic (exact) mass is 341 g/mol. The molecule has 0 N–H and O–H groups in total. The number of halogens is 1. The smallest absolute Gasteiger partial charge is 0.119 e. The van der Waals surface area contributed by atoms with Crippen LogP contribution in [0.1, 0.15) is 51.9 Å². The van der Waals surface area contributed by atoms with Crippen LogP contribution in [0.4, 0.5) is 0 Å². The van der Waals surface area contributed by atoms with E-state index in [2.05, 4.69) is 11.8 Å². The summed E-state index contributed by atoms with van der Waals surface area (Å²) in [6.07, 6.45) is 9.03. The molecule has 1 aromatic carbocycles. The second-order valence-corrected chi connectivity index (χ2v) is 6.13. The predicted molar refractivity (Wildman–Crippen MR) is 99.1 cm³/mol. The van der Waals surface area contributed by atoms with Crippen LogP contribution in [0, 0.1) is 0 Å². The molecule has 23 heavy (non-hydrogen) atoms. The molecule has 2 rings (SSSR count). The summed E-state index contributed by atoms with van der Waals surface area (Å²) in [5, 5.41) is 0. The summed E-state index contributed by atoms with van der Waals surface area (Å²) in [6.45, 7) is 7.31. The third kappa shape index (κ3) is 8.47. The van der Waals surface area contributed by atoms with Gasteiger partial charge in [-0.1, -0.05) is 32.6 Å². The first kappa shape index (κ1) is 20.1. The zero-order valence-electron chi connectivity index (χ0n) is 14.5. The lowest BCUT2D eigenvalue weighted by atomic mass is 10.1. The van der Waals surface area contributed by atoms with Crippen molar-refractivity contribution < 1.29 is 9.47 Å². The molecule has 0 amide bonds. The number of piperidine rings is 1. The first-order chi connectivity index (χ1) is 10.9. The van der Waals surface area contributed by atoms with Gasteiger partial charge in [0.25, 0.3) is 0 Å². The van der Waals surface area contributed by atoms with Gasteiger partial charge in [0.05, 0.1) is 6.61 Å². The molecule has 1 aliphatic rings. The van der Waals surface area contributed by atoms with Gasteiger partial charge in [0.2, 0.25) is 0 Å². The molecule has 0 bridgehead atoms. The fourth-order valence-electron chi connectivity index (χ4n) is 2.83. The molecule has 132 valence electrons. The Morgan fingerprint density at radius 1 is 0.826 bits per heavy atom. The van der Waals surface area contributed by atoms with Crippen LogP contribution in [-0.2, 0) is 0 Å². The molecule has 4 heteroatoms. The zero-order chi connectivity index (χ0) is 15.5. The topological polar surface area (TPSA) is 21.7 Å². The average Bonchev–Trinajstić information content (AvgIpc) is 2.57. The molecule has 0 atom stereocenters.